The molecule has 0 saturated carbocycles. The van der Waals surface area contributed by atoms with Gasteiger partial charge in [-0.05, 0) is 18.2 Å². The zero-order valence-corrected chi connectivity index (χ0v) is 10.0. The van der Waals surface area contributed by atoms with Crippen molar-refractivity contribution in [1.29, 1.82) is 0 Å². The van der Waals surface area contributed by atoms with Crippen molar-refractivity contribution < 1.29 is 18.0 Å². The number of halogens is 4. The molecule has 1 heterocycles. The highest BCUT2D eigenvalue weighted by Gasteiger charge is 2.37. The van der Waals surface area contributed by atoms with Gasteiger partial charge in [-0.3, -0.25) is 4.79 Å². The third kappa shape index (κ3) is 1.87. The fourth-order valence-corrected chi connectivity index (χ4v) is 2.85. The Balaban J connectivity index is 2.86. The van der Waals surface area contributed by atoms with E-state index in [1.807, 2.05) is 0 Å². The molecule has 16 heavy (non-hydrogen) atoms. The van der Waals surface area contributed by atoms with E-state index in [9.17, 15) is 18.0 Å². The van der Waals surface area contributed by atoms with Crippen LogP contribution in [0.1, 0.15) is 15.2 Å². The van der Waals surface area contributed by atoms with Crippen LogP contribution in [0.25, 0.3) is 10.1 Å². The SMILES string of the molecule is O=Cc1sc2ccc(Br)cc2c1C(F)(F)F. The van der Waals surface area contributed by atoms with E-state index in [1.165, 1.54) is 6.07 Å². The smallest absolute Gasteiger partial charge is 0.297 e. The number of aldehydes is 1. The second-order valence-electron chi connectivity index (χ2n) is 3.10. The highest BCUT2D eigenvalue weighted by Crippen LogP contribution is 2.42. The van der Waals surface area contributed by atoms with Crippen LogP contribution < -0.4 is 0 Å². The first-order valence-electron chi connectivity index (χ1n) is 4.18. The summed E-state index contributed by atoms with van der Waals surface area (Å²) in [5, 5.41) is 0.0639. The molecule has 2 aromatic rings. The number of rotatable bonds is 1. The molecule has 0 radical (unpaired) electrons. The largest absolute Gasteiger partial charge is 0.418 e. The van der Waals surface area contributed by atoms with Crippen molar-refractivity contribution in [1.82, 2.24) is 0 Å². The number of hydrogen-bond donors (Lipinski definition) is 0. The zero-order valence-electron chi connectivity index (χ0n) is 7.64. The molecular formula is C10H4BrF3OS. The average molecular weight is 309 g/mol. The lowest BCUT2D eigenvalue weighted by molar-refractivity contribution is -0.136. The van der Waals surface area contributed by atoms with Gasteiger partial charge in [-0.15, -0.1) is 11.3 Å². The molecule has 84 valence electrons. The molecule has 0 aliphatic carbocycles. The third-order valence-corrected chi connectivity index (χ3v) is 3.66. The van der Waals surface area contributed by atoms with E-state index in [4.69, 9.17) is 0 Å². The van der Waals surface area contributed by atoms with E-state index in [0.29, 0.717) is 9.17 Å². The van der Waals surface area contributed by atoms with Crippen LogP contribution in [0.5, 0.6) is 0 Å². The Morgan fingerprint density at radius 1 is 1.31 bits per heavy atom. The molecule has 1 nitrogen and oxygen atoms in total. The highest BCUT2D eigenvalue weighted by atomic mass is 79.9. The van der Waals surface area contributed by atoms with Gasteiger partial charge >= 0.3 is 6.18 Å². The summed E-state index contributed by atoms with van der Waals surface area (Å²) in [6, 6.07) is 4.58. The maximum atomic E-state index is 12.8. The van der Waals surface area contributed by atoms with E-state index in [-0.39, 0.29) is 16.5 Å². The van der Waals surface area contributed by atoms with Crippen LogP contribution in [0, 0.1) is 0 Å². The Kier molecular flexibility index (Phi) is 2.79. The topological polar surface area (TPSA) is 17.1 Å². The fourth-order valence-electron chi connectivity index (χ4n) is 1.46. The minimum atomic E-state index is -4.50. The molecule has 2 rings (SSSR count). The van der Waals surface area contributed by atoms with E-state index < -0.39 is 11.7 Å². The average Bonchev–Trinajstić information content (AvgIpc) is 2.54. The standard InChI is InChI=1S/C10H4BrF3OS/c11-5-1-2-7-6(3-5)9(10(12,13)14)8(4-15)16-7/h1-4H. The number of carbonyl (C=O) groups is 1. The van der Waals surface area contributed by atoms with Crippen LogP contribution in [0.15, 0.2) is 22.7 Å². The molecule has 0 aliphatic heterocycles. The summed E-state index contributed by atoms with van der Waals surface area (Å²) >= 11 is 3.96. The minimum Gasteiger partial charge on any atom is -0.297 e. The van der Waals surface area contributed by atoms with Gasteiger partial charge in [0.15, 0.2) is 6.29 Å². The molecule has 0 bridgehead atoms. The van der Waals surface area contributed by atoms with Gasteiger partial charge in [0.2, 0.25) is 0 Å². The third-order valence-electron chi connectivity index (χ3n) is 2.07. The zero-order chi connectivity index (χ0) is 11.9. The maximum Gasteiger partial charge on any atom is 0.418 e. The van der Waals surface area contributed by atoms with Gasteiger partial charge < -0.3 is 0 Å². The van der Waals surface area contributed by atoms with Crippen molar-refractivity contribution in [3.8, 4) is 0 Å². The number of benzene rings is 1. The molecule has 1 aromatic heterocycles. The Morgan fingerprint density at radius 2 is 2.00 bits per heavy atom. The van der Waals surface area contributed by atoms with Crippen LogP contribution in [0.4, 0.5) is 13.2 Å². The van der Waals surface area contributed by atoms with Crippen molar-refractivity contribution in [2.24, 2.45) is 0 Å². The van der Waals surface area contributed by atoms with Crippen molar-refractivity contribution in [3.05, 3.63) is 33.1 Å². The molecular weight excluding hydrogens is 305 g/mol. The first-order valence-corrected chi connectivity index (χ1v) is 5.79. The Hall–Kier alpha value is -0.880. The van der Waals surface area contributed by atoms with Crippen LogP contribution in [-0.2, 0) is 6.18 Å². The molecule has 1 aromatic carbocycles. The first kappa shape index (κ1) is 11.6. The van der Waals surface area contributed by atoms with Crippen molar-refractivity contribution in [2.75, 3.05) is 0 Å². The van der Waals surface area contributed by atoms with Crippen molar-refractivity contribution in [2.45, 2.75) is 6.18 Å². The summed E-state index contributed by atoms with van der Waals surface area (Å²) in [5.74, 6) is 0. The summed E-state index contributed by atoms with van der Waals surface area (Å²) < 4.78 is 39.3. The van der Waals surface area contributed by atoms with Crippen molar-refractivity contribution in [3.63, 3.8) is 0 Å². The van der Waals surface area contributed by atoms with Gasteiger partial charge in [-0.1, -0.05) is 15.9 Å². The first-order chi connectivity index (χ1) is 7.43. The lowest BCUT2D eigenvalue weighted by Gasteiger charge is -2.05. The summed E-state index contributed by atoms with van der Waals surface area (Å²) in [6.45, 7) is 0. The highest BCUT2D eigenvalue weighted by molar-refractivity contribution is 9.10. The number of alkyl halides is 3. The monoisotopic (exact) mass is 308 g/mol. The van der Waals surface area contributed by atoms with Crippen LogP contribution in [0.3, 0.4) is 0 Å². The Morgan fingerprint density at radius 3 is 2.56 bits per heavy atom. The Labute approximate surface area is 101 Å². The van der Waals surface area contributed by atoms with Crippen LogP contribution >= 0.6 is 27.3 Å². The maximum absolute atomic E-state index is 12.8. The summed E-state index contributed by atoms with van der Waals surface area (Å²) in [6.07, 6.45) is -4.25. The summed E-state index contributed by atoms with van der Waals surface area (Å²) in [4.78, 5) is 10.4. The molecule has 0 unspecified atom stereocenters. The summed E-state index contributed by atoms with van der Waals surface area (Å²) in [5.41, 5.74) is -0.844. The van der Waals surface area contributed by atoms with Gasteiger partial charge in [0.1, 0.15) is 0 Å². The summed E-state index contributed by atoms with van der Waals surface area (Å²) in [7, 11) is 0. The molecule has 0 spiro atoms. The van der Waals surface area contributed by atoms with Gasteiger partial charge in [0.25, 0.3) is 0 Å². The number of thiophene rings is 1. The van der Waals surface area contributed by atoms with Gasteiger partial charge in [-0.2, -0.15) is 13.2 Å². The van der Waals surface area contributed by atoms with E-state index >= 15 is 0 Å². The van der Waals surface area contributed by atoms with Gasteiger partial charge in [0.05, 0.1) is 10.4 Å². The molecule has 0 fully saturated rings. The second kappa shape index (κ2) is 3.85. The normalized spacial score (nSPS) is 12.0. The predicted octanol–water partition coefficient (Wildman–Crippen LogP) is 4.50. The second-order valence-corrected chi connectivity index (χ2v) is 5.10. The van der Waals surface area contributed by atoms with Crippen LogP contribution in [-0.4, -0.2) is 6.29 Å². The minimum absolute atomic E-state index is 0.0639. The molecule has 0 amide bonds. The molecule has 0 aliphatic rings. The van der Waals surface area contributed by atoms with Crippen LogP contribution in [0.2, 0.25) is 0 Å². The van der Waals surface area contributed by atoms with Crippen molar-refractivity contribution >= 4 is 43.6 Å². The Bertz CT molecular complexity index is 559. The fraction of sp³-hybridized carbons (Fsp3) is 0.100. The van der Waals surface area contributed by atoms with E-state index in [0.717, 1.165) is 11.3 Å². The van der Waals surface area contributed by atoms with E-state index in [2.05, 4.69) is 15.9 Å². The number of fused-ring (bicyclic) bond motifs is 1. The number of hydrogen-bond acceptors (Lipinski definition) is 2. The van der Waals surface area contributed by atoms with Gasteiger partial charge in [0, 0.05) is 14.6 Å². The lowest BCUT2D eigenvalue weighted by Crippen LogP contribution is -2.06. The number of carbonyl (C=O) groups excluding carboxylic acids is 1. The quantitative estimate of drug-likeness (QED) is 0.709. The molecule has 0 atom stereocenters. The lowest BCUT2D eigenvalue weighted by atomic mass is 10.1. The van der Waals surface area contributed by atoms with Gasteiger partial charge in [-0.25, -0.2) is 0 Å². The van der Waals surface area contributed by atoms with E-state index in [1.54, 1.807) is 12.1 Å². The molecule has 0 saturated heterocycles. The molecule has 0 N–H and O–H groups in total. The molecule has 6 heteroatoms. The predicted molar refractivity (Wildman–Crippen MR) is 59.9 cm³/mol.